The van der Waals surface area contributed by atoms with E-state index in [0.717, 1.165) is 18.2 Å². The summed E-state index contributed by atoms with van der Waals surface area (Å²) < 4.78 is 51.0. The molecule has 0 aromatic heterocycles. The van der Waals surface area contributed by atoms with Crippen molar-refractivity contribution in [1.82, 2.24) is 0 Å². The molecule has 0 aliphatic carbocycles. The first-order valence-electron chi connectivity index (χ1n) is 6.12. The minimum atomic E-state index is -3.91. The first-order valence-corrected chi connectivity index (χ1v) is 7.98. The summed E-state index contributed by atoms with van der Waals surface area (Å²) in [6.45, 7) is 2.68. The first kappa shape index (κ1) is 15.9. The van der Waals surface area contributed by atoms with Crippen molar-refractivity contribution < 1.29 is 17.2 Å². The molecule has 0 aliphatic heterocycles. The lowest BCUT2D eigenvalue weighted by Gasteiger charge is -2.26. The molecule has 2 nitrogen and oxygen atoms in total. The number of halogens is 3. The topological polar surface area (TPSA) is 34.1 Å². The molecule has 0 heterocycles. The number of sulfone groups is 1. The SMILES string of the molecule is CC(C)(c1cc(F)ccc1F)S(=O)(=O)c1ccc(Cl)cc1. The predicted molar refractivity (Wildman–Crippen MR) is 78.0 cm³/mol. The highest BCUT2D eigenvalue weighted by Crippen LogP contribution is 2.36. The number of hydrogen-bond donors (Lipinski definition) is 0. The molecular weight excluding hydrogens is 318 g/mol. The fraction of sp³-hybridized carbons (Fsp3) is 0.200. The molecule has 112 valence electrons. The van der Waals surface area contributed by atoms with Gasteiger partial charge in [0.1, 0.15) is 11.6 Å². The summed E-state index contributed by atoms with van der Waals surface area (Å²) in [5.74, 6) is -1.45. The first-order chi connectivity index (χ1) is 9.66. The third kappa shape index (κ3) is 2.80. The van der Waals surface area contributed by atoms with Crippen molar-refractivity contribution in [3.8, 4) is 0 Å². The zero-order valence-electron chi connectivity index (χ0n) is 11.4. The second kappa shape index (κ2) is 5.39. The second-order valence-electron chi connectivity index (χ2n) is 5.09. The fourth-order valence-corrected chi connectivity index (χ4v) is 3.67. The summed E-state index contributed by atoms with van der Waals surface area (Å²) in [6, 6.07) is 8.34. The van der Waals surface area contributed by atoms with Crippen LogP contribution >= 0.6 is 11.6 Å². The molecule has 0 N–H and O–H groups in total. The van der Waals surface area contributed by atoms with Gasteiger partial charge in [-0.15, -0.1) is 0 Å². The Morgan fingerprint density at radius 3 is 2.14 bits per heavy atom. The van der Waals surface area contributed by atoms with E-state index in [-0.39, 0.29) is 10.5 Å². The van der Waals surface area contributed by atoms with Crippen LogP contribution < -0.4 is 0 Å². The summed E-state index contributed by atoms with van der Waals surface area (Å²) in [5, 5.41) is 0.392. The Hall–Kier alpha value is -1.46. The Morgan fingerprint density at radius 1 is 1.00 bits per heavy atom. The van der Waals surface area contributed by atoms with Gasteiger partial charge in [-0.05, 0) is 56.3 Å². The molecule has 0 aliphatic rings. The molecule has 2 aromatic carbocycles. The fourth-order valence-electron chi connectivity index (χ4n) is 2.01. The van der Waals surface area contributed by atoms with Crippen LogP contribution in [0.2, 0.25) is 5.02 Å². The molecule has 0 radical (unpaired) electrons. The van der Waals surface area contributed by atoms with Crippen LogP contribution in [0.25, 0.3) is 0 Å². The van der Waals surface area contributed by atoms with Crippen molar-refractivity contribution in [2.24, 2.45) is 0 Å². The van der Waals surface area contributed by atoms with Gasteiger partial charge in [-0.2, -0.15) is 0 Å². The molecule has 6 heteroatoms. The molecule has 0 unspecified atom stereocenters. The van der Waals surface area contributed by atoms with E-state index in [0.29, 0.717) is 5.02 Å². The maximum absolute atomic E-state index is 13.9. The molecule has 0 saturated heterocycles. The molecular formula is C15H13ClF2O2S. The number of benzene rings is 2. The van der Waals surface area contributed by atoms with Gasteiger partial charge in [0.15, 0.2) is 9.84 Å². The molecule has 2 rings (SSSR count). The summed E-state index contributed by atoms with van der Waals surface area (Å²) in [5.41, 5.74) is -0.211. The summed E-state index contributed by atoms with van der Waals surface area (Å²) in [4.78, 5) is 0.000520. The maximum atomic E-state index is 13.9. The van der Waals surface area contributed by atoms with Crippen molar-refractivity contribution in [1.29, 1.82) is 0 Å². The van der Waals surface area contributed by atoms with E-state index in [1.807, 2.05) is 0 Å². The van der Waals surface area contributed by atoms with Crippen LogP contribution in [0.4, 0.5) is 8.78 Å². The normalized spacial score (nSPS) is 12.4. The van der Waals surface area contributed by atoms with Gasteiger partial charge in [-0.3, -0.25) is 0 Å². The predicted octanol–water partition coefficient (Wildman–Crippen LogP) is 4.33. The highest BCUT2D eigenvalue weighted by atomic mass is 35.5. The summed E-state index contributed by atoms with van der Waals surface area (Å²) in [7, 11) is -3.91. The van der Waals surface area contributed by atoms with Gasteiger partial charge in [0.2, 0.25) is 0 Å². The van der Waals surface area contributed by atoms with Crippen molar-refractivity contribution >= 4 is 21.4 Å². The van der Waals surface area contributed by atoms with Crippen LogP contribution in [0.15, 0.2) is 47.4 Å². The summed E-state index contributed by atoms with van der Waals surface area (Å²) >= 11 is 5.73. The van der Waals surface area contributed by atoms with E-state index in [9.17, 15) is 17.2 Å². The van der Waals surface area contributed by atoms with Crippen LogP contribution in [-0.4, -0.2) is 8.42 Å². The highest BCUT2D eigenvalue weighted by molar-refractivity contribution is 7.92. The van der Waals surface area contributed by atoms with Crippen molar-refractivity contribution in [3.63, 3.8) is 0 Å². The Bertz CT molecular complexity index is 769. The molecule has 0 amide bonds. The zero-order chi connectivity index (χ0) is 15.8. The van der Waals surface area contributed by atoms with Crippen molar-refractivity contribution in [3.05, 3.63) is 64.7 Å². The van der Waals surface area contributed by atoms with Gasteiger partial charge in [0, 0.05) is 10.6 Å². The van der Waals surface area contributed by atoms with Crippen LogP contribution in [0.3, 0.4) is 0 Å². The number of rotatable bonds is 3. The molecule has 0 spiro atoms. The van der Waals surface area contributed by atoms with E-state index < -0.39 is 26.2 Å². The minimum absolute atomic E-state index is 0.000520. The van der Waals surface area contributed by atoms with Gasteiger partial charge in [0.25, 0.3) is 0 Å². The smallest absolute Gasteiger partial charge is 0.187 e. The lowest BCUT2D eigenvalue weighted by atomic mass is 10.0. The molecule has 0 fully saturated rings. The quantitative estimate of drug-likeness (QED) is 0.839. The Labute approximate surface area is 127 Å². The molecule has 0 bridgehead atoms. The molecule has 0 saturated carbocycles. The zero-order valence-corrected chi connectivity index (χ0v) is 13.0. The van der Waals surface area contributed by atoms with Crippen LogP contribution in [0.1, 0.15) is 19.4 Å². The van der Waals surface area contributed by atoms with Gasteiger partial charge in [0.05, 0.1) is 9.64 Å². The van der Waals surface area contributed by atoms with Gasteiger partial charge >= 0.3 is 0 Å². The Kier molecular flexibility index (Phi) is 4.08. The molecule has 2 aromatic rings. The third-order valence-electron chi connectivity index (χ3n) is 3.37. The average molecular weight is 331 g/mol. The average Bonchev–Trinajstić information content (AvgIpc) is 2.41. The van der Waals surface area contributed by atoms with Crippen molar-refractivity contribution in [2.75, 3.05) is 0 Å². The summed E-state index contributed by atoms with van der Waals surface area (Å²) in [6.07, 6.45) is 0. The highest BCUT2D eigenvalue weighted by Gasteiger charge is 2.39. The van der Waals surface area contributed by atoms with E-state index in [2.05, 4.69) is 0 Å². The van der Waals surface area contributed by atoms with E-state index in [1.165, 1.54) is 38.1 Å². The van der Waals surface area contributed by atoms with E-state index in [4.69, 9.17) is 11.6 Å². The Balaban J connectivity index is 2.61. The molecule has 21 heavy (non-hydrogen) atoms. The second-order valence-corrected chi connectivity index (χ2v) is 8.03. The largest absolute Gasteiger partial charge is 0.223 e. The van der Waals surface area contributed by atoms with Gasteiger partial charge in [-0.1, -0.05) is 11.6 Å². The lowest BCUT2D eigenvalue weighted by molar-refractivity contribution is 0.526. The standard InChI is InChI=1S/C15H13ClF2O2S/c1-15(2,13-9-11(17)5-8-14(13)18)21(19,20)12-6-3-10(16)4-7-12/h3-9H,1-2H3. The van der Waals surface area contributed by atoms with Gasteiger partial charge < -0.3 is 0 Å². The lowest BCUT2D eigenvalue weighted by Crippen LogP contribution is -2.30. The number of hydrogen-bond acceptors (Lipinski definition) is 2. The van der Waals surface area contributed by atoms with E-state index >= 15 is 0 Å². The van der Waals surface area contributed by atoms with Crippen molar-refractivity contribution in [2.45, 2.75) is 23.5 Å². The minimum Gasteiger partial charge on any atom is -0.223 e. The van der Waals surface area contributed by atoms with Crippen LogP contribution in [0, 0.1) is 11.6 Å². The Morgan fingerprint density at radius 2 is 1.57 bits per heavy atom. The maximum Gasteiger partial charge on any atom is 0.187 e. The van der Waals surface area contributed by atoms with Crippen LogP contribution in [-0.2, 0) is 14.6 Å². The molecule has 0 atom stereocenters. The van der Waals surface area contributed by atoms with E-state index in [1.54, 1.807) is 0 Å². The third-order valence-corrected chi connectivity index (χ3v) is 6.08. The monoisotopic (exact) mass is 330 g/mol. The van der Waals surface area contributed by atoms with Gasteiger partial charge in [-0.25, -0.2) is 17.2 Å². The van der Waals surface area contributed by atoms with Crippen LogP contribution in [0.5, 0.6) is 0 Å².